The first-order valence-electron chi connectivity index (χ1n) is 8.37. The van der Waals surface area contributed by atoms with E-state index in [-0.39, 0.29) is 11.3 Å². The Morgan fingerprint density at radius 2 is 1.64 bits per heavy atom. The molecule has 1 amide bonds. The van der Waals surface area contributed by atoms with Crippen LogP contribution in [0, 0.1) is 0 Å². The van der Waals surface area contributed by atoms with E-state index in [0.717, 1.165) is 16.3 Å². The molecule has 3 nitrogen and oxygen atoms in total. The van der Waals surface area contributed by atoms with Gasteiger partial charge in [0, 0.05) is 5.56 Å². The van der Waals surface area contributed by atoms with Crippen LogP contribution in [-0.4, -0.2) is 13.0 Å². The normalized spacial score (nSPS) is 11.4. The van der Waals surface area contributed by atoms with Crippen molar-refractivity contribution >= 4 is 22.4 Å². The van der Waals surface area contributed by atoms with Crippen molar-refractivity contribution in [3.05, 3.63) is 71.8 Å². The van der Waals surface area contributed by atoms with Gasteiger partial charge < -0.3 is 10.1 Å². The van der Waals surface area contributed by atoms with Gasteiger partial charge in [-0.1, -0.05) is 57.2 Å². The van der Waals surface area contributed by atoms with Gasteiger partial charge in [-0.3, -0.25) is 4.79 Å². The topological polar surface area (TPSA) is 38.3 Å². The van der Waals surface area contributed by atoms with Crippen LogP contribution in [0.4, 0.5) is 5.69 Å². The highest BCUT2D eigenvalue weighted by atomic mass is 16.5. The summed E-state index contributed by atoms with van der Waals surface area (Å²) in [5.41, 5.74) is 2.45. The Kier molecular flexibility index (Phi) is 4.49. The van der Waals surface area contributed by atoms with Gasteiger partial charge in [-0.2, -0.15) is 0 Å². The lowest BCUT2D eigenvalue weighted by atomic mass is 9.87. The number of carbonyl (C=O) groups is 1. The molecule has 0 heterocycles. The lowest BCUT2D eigenvalue weighted by Crippen LogP contribution is -2.15. The van der Waals surface area contributed by atoms with Crippen LogP contribution in [-0.2, 0) is 5.41 Å². The van der Waals surface area contributed by atoms with Gasteiger partial charge in [0.2, 0.25) is 0 Å². The van der Waals surface area contributed by atoms with Gasteiger partial charge in [0.1, 0.15) is 5.75 Å². The molecule has 0 aliphatic carbocycles. The maximum atomic E-state index is 12.7. The quantitative estimate of drug-likeness (QED) is 0.697. The maximum Gasteiger partial charge on any atom is 0.255 e. The number of nitrogens with one attached hydrogen (secondary N) is 1. The zero-order chi connectivity index (χ0) is 18.0. The van der Waals surface area contributed by atoms with E-state index in [9.17, 15) is 4.79 Å². The molecule has 0 aromatic heterocycles. The number of hydrogen-bond donors (Lipinski definition) is 1. The third kappa shape index (κ3) is 3.66. The summed E-state index contributed by atoms with van der Waals surface area (Å²) in [6.07, 6.45) is 0. The van der Waals surface area contributed by atoms with Crippen LogP contribution in [0.15, 0.2) is 60.7 Å². The second kappa shape index (κ2) is 6.60. The number of benzene rings is 3. The van der Waals surface area contributed by atoms with Crippen molar-refractivity contribution in [2.24, 2.45) is 0 Å². The smallest absolute Gasteiger partial charge is 0.255 e. The SMILES string of the molecule is COc1ccc(C(C)(C)C)cc1NC(=O)c1ccc2ccccc2c1. The van der Waals surface area contributed by atoms with Gasteiger partial charge in [-0.05, 0) is 46.0 Å². The molecule has 0 aliphatic heterocycles. The standard InChI is InChI=1S/C22H23NO2/c1-22(2,3)18-11-12-20(25-4)19(14-18)23-21(24)17-10-9-15-7-5-6-8-16(15)13-17/h5-14H,1-4H3,(H,23,24). The van der Waals surface area contributed by atoms with Crippen molar-refractivity contribution in [3.8, 4) is 5.75 Å². The molecule has 128 valence electrons. The predicted molar refractivity (Wildman–Crippen MR) is 104 cm³/mol. The second-order valence-corrected chi connectivity index (χ2v) is 7.18. The number of hydrogen-bond acceptors (Lipinski definition) is 2. The van der Waals surface area contributed by atoms with E-state index >= 15 is 0 Å². The van der Waals surface area contributed by atoms with E-state index in [1.54, 1.807) is 7.11 Å². The van der Waals surface area contributed by atoms with Crippen LogP contribution < -0.4 is 10.1 Å². The minimum atomic E-state index is -0.143. The first-order chi connectivity index (χ1) is 11.9. The Morgan fingerprint density at radius 3 is 2.32 bits per heavy atom. The van der Waals surface area contributed by atoms with Crippen molar-refractivity contribution in [1.82, 2.24) is 0 Å². The van der Waals surface area contributed by atoms with Crippen molar-refractivity contribution in [2.45, 2.75) is 26.2 Å². The lowest BCUT2D eigenvalue weighted by Gasteiger charge is -2.21. The average molecular weight is 333 g/mol. The minimum Gasteiger partial charge on any atom is -0.495 e. The zero-order valence-electron chi connectivity index (χ0n) is 15.1. The summed E-state index contributed by atoms with van der Waals surface area (Å²) in [5.74, 6) is 0.511. The summed E-state index contributed by atoms with van der Waals surface area (Å²) in [6.45, 7) is 6.43. The highest BCUT2D eigenvalue weighted by molar-refractivity contribution is 6.07. The fourth-order valence-electron chi connectivity index (χ4n) is 2.80. The summed E-state index contributed by atoms with van der Waals surface area (Å²) in [4.78, 5) is 12.7. The first-order valence-corrected chi connectivity index (χ1v) is 8.37. The fraction of sp³-hybridized carbons (Fsp3) is 0.227. The fourth-order valence-corrected chi connectivity index (χ4v) is 2.80. The summed E-state index contributed by atoms with van der Waals surface area (Å²) in [7, 11) is 1.61. The molecule has 1 N–H and O–H groups in total. The Hall–Kier alpha value is -2.81. The Morgan fingerprint density at radius 1 is 0.920 bits per heavy atom. The molecule has 3 aromatic rings. The van der Waals surface area contributed by atoms with Gasteiger partial charge in [0.25, 0.3) is 5.91 Å². The Bertz CT molecular complexity index is 923. The number of amides is 1. The molecule has 3 heteroatoms. The molecule has 0 unspecified atom stereocenters. The van der Waals surface area contributed by atoms with Crippen LogP contribution in [0.5, 0.6) is 5.75 Å². The molecule has 0 fully saturated rings. The Balaban J connectivity index is 1.93. The van der Waals surface area contributed by atoms with Crippen LogP contribution in [0.3, 0.4) is 0 Å². The number of carbonyl (C=O) groups excluding carboxylic acids is 1. The van der Waals surface area contributed by atoms with Crippen molar-refractivity contribution in [3.63, 3.8) is 0 Å². The number of rotatable bonds is 3. The summed E-state index contributed by atoms with van der Waals surface area (Å²) in [6, 6.07) is 19.6. The maximum absolute atomic E-state index is 12.7. The minimum absolute atomic E-state index is 0.00526. The van der Waals surface area contributed by atoms with Gasteiger partial charge in [0.05, 0.1) is 12.8 Å². The molecule has 3 rings (SSSR count). The number of fused-ring (bicyclic) bond motifs is 1. The van der Waals surface area contributed by atoms with Crippen molar-refractivity contribution in [1.29, 1.82) is 0 Å². The average Bonchev–Trinajstić information content (AvgIpc) is 2.60. The van der Waals surface area contributed by atoms with Gasteiger partial charge in [-0.25, -0.2) is 0 Å². The predicted octanol–water partition coefficient (Wildman–Crippen LogP) is 5.40. The number of methoxy groups -OCH3 is 1. The molecular weight excluding hydrogens is 310 g/mol. The largest absolute Gasteiger partial charge is 0.495 e. The van der Waals surface area contributed by atoms with Gasteiger partial charge in [-0.15, -0.1) is 0 Å². The zero-order valence-corrected chi connectivity index (χ0v) is 15.1. The van der Waals surface area contributed by atoms with Crippen molar-refractivity contribution < 1.29 is 9.53 Å². The molecule has 25 heavy (non-hydrogen) atoms. The summed E-state index contributed by atoms with van der Waals surface area (Å²) < 4.78 is 5.41. The van der Waals surface area contributed by atoms with Gasteiger partial charge >= 0.3 is 0 Å². The summed E-state index contributed by atoms with van der Waals surface area (Å²) >= 11 is 0. The highest BCUT2D eigenvalue weighted by Crippen LogP contribution is 2.31. The lowest BCUT2D eigenvalue weighted by molar-refractivity contribution is 0.102. The van der Waals surface area contributed by atoms with Crippen LogP contribution >= 0.6 is 0 Å². The van der Waals surface area contributed by atoms with Crippen molar-refractivity contribution in [2.75, 3.05) is 12.4 Å². The molecule has 0 radical (unpaired) electrons. The second-order valence-electron chi connectivity index (χ2n) is 7.18. The molecule has 0 saturated heterocycles. The molecular formula is C22H23NO2. The third-order valence-electron chi connectivity index (χ3n) is 4.33. The monoisotopic (exact) mass is 333 g/mol. The van der Waals surface area contributed by atoms with Crippen LogP contribution in [0.2, 0.25) is 0 Å². The molecule has 0 atom stereocenters. The van der Waals surface area contributed by atoms with E-state index < -0.39 is 0 Å². The third-order valence-corrected chi connectivity index (χ3v) is 4.33. The first kappa shape index (κ1) is 17.0. The van der Waals surface area contributed by atoms with E-state index in [2.05, 4.69) is 26.1 Å². The molecule has 0 saturated carbocycles. The molecule has 0 aliphatic rings. The molecule has 3 aromatic carbocycles. The van der Waals surface area contributed by atoms with E-state index in [0.29, 0.717) is 17.0 Å². The molecule has 0 spiro atoms. The number of ether oxygens (including phenoxy) is 1. The molecule has 0 bridgehead atoms. The highest BCUT2D eigenvalue weighted by Gasteiger charge is 2.17. The van der Waals surface area contributed by atoms with E-state index in [1.807, 2.05) is 60.7 Å². The van der Waals surface area contributed by atoms with Crippen LogP contribution in [0.1, 0.15) is 36.7 Å². The summed E-state index contributed by atoms with van der Waals surface area (Å²) in [5, 5.41) is 5.15. The van der Waals surface area contributed by atoms with Gasteiger partial charge in [0.15, 0.2) is 0 Å². The van der Waals surface area contributed by atoms with Crippen LogP contribution in [0.25, 0.3) is 10.8 Å². The van der Waals surface area contributed by atoms with E-state index in [1.165, 1.54) is 0 Å². The Labute approximate surface area is 148 Å². The number of anilines is 1. The van der Waals surface area contributed by atoms with E-state index in [4.69, 9.17) is 4.74 Å².